The van der Waals surface area contributed by atoms with Crippen LogP contribution in [0.3, 0.4) is 0 Å². The number of carbonyl (C=O) groups excluding carboxylic acids is 1. The van der Waals surface area contributed by atoms with Gasteiger partial charge in [-0.1, -0.05) is 20.3 Å². The highest BCUT2D eigenvalue weighted by atomic mass is 16.1. The van der Waals surface area contributed by atoms with E-state index in [4.69, 9.17) is 0 Å². The number of hydrogen-bond donors (Lipinski definition) is 1. The minimum absolute atomic E-state index is 0.127. The van der Waals surface area contributed by atoms with Crippen molar-refractivity contribution in [2.75, 3.05) is 41.8 Å². The van der Waals surface area contributed by atoms with Gasteiger partial charge in [0.1, 0.15) is 0 Å². The van der Waals surface area contributed by atoms with Gasteiger partial charge >= 0.3 is 0 Å². The Morgan fingerprint density at radius 1 is 1.21 bits per heavy atom. The molecule has 0 atom stereocenters. The van der Waals surface area contributed by atoms with Crippen LogP contribution < -0.4 is 15.1 Å². The van der Waals surface area contributed by atoms with Gasteiger partial charge < -0.3 is 15.1 Å². The molecule has 0 saturated carbocycles. The summed E-state index contributed by atoms with van der Waals surface area (Å²) in [5, 5.41) is 2.99. The Bertz CT molecular complexity index is 766. The summed E-state index contributed by atoms with van der Waals surface area (Å²) in [7, 11) is 2.04. The highest BCUT2D eigenvalue weighted by molar-refractivity contribution is 6.04. The van der Waals surface area contributed by atoms with Crippen molar-refractivity contribution in [1.82, 2.24) is 4.98 Å². The van der Waals surface area contributed by atoms with Gasteiger partial charge in [-0.2, -0.15) is 0 Å². The number of unbranched alkanes of at least 4 members (excludes halogenated alkanes) is 1. The van der Waals surface area contributed by atoms with Crippen LogP contribution in [0.5, 0.6) is 0 Å². The molecule has 2 heterocycles. The van der Waals surface area contributed by atoms with Crippen LogP contribution in [0, 0.1) is 5.92 Å². The highest BCUT2D eigenvalue weighted by Gasteiger charge is 2.16. The van der Waals surface area contributed by atoms with Gasteiger partial charge in [-0.05, 0) is 55.5 Å². The number of carbonyl (C=O) groups is 1. The molecule has 5 nitrogen and oxygen atoms in total. The number of amides is 1. The van der Waals surface area contributed by atoms with E-state index in [2.05, 4.69) is 46.1 Å². The van der Waals surface area contributed by atoms with E-state index in [1.54, 1.807) is 12.4 Å². The lowest BCUT2D eigenvalue weighted by Gasteiger charge is -2.32. The molecule has 1 aromatic heterocycles. The molecule has 0 bridgehead atoms. The molecule has 0 radical (unpaired) electrons. The van der Waals surface area contributed by atoms with Gasteiger partial charge in [0.05, 0.1) is 17.4 Å². The number of anilines is 3. The third kappa shape index (κ3) is 5.24. The zero-order chi connectivity index (χ0) is 19.9. The predicted octanol–water partition coefficient (Wildman–Crippen LogP) is 4.81. The fraction of sp³-hybridized carbons (Fsp3) is 0.478. The van der Waals surface area contributed by atoms with Crippen LogP contribution in [-0.2, 0) is 0 Å². The summed E-state index contributed by atoms with van der Waals surface area (Å²) in [5.41, 5.74) is 3.58. The Morgan fingerprint density at radius 3 is 2.61 bits per heavy atom. The molecule has 1 saturated heterocycles. The van der Waals surface area contributed by atoms with Crippen LogP contribution in [0.4, 0.5) is 17.1 Å². The summed E-state index contributed by atoms with van der Waals surface area (Å²) < 4.78 is 0. The Labute approximate surface area is 168 Å². The van der Waals surface area contributed by atoms with Crippen molar-refractivity contribution < 1.29 is 4.79 Å². The fourth-order valence-electron chi connectivity index (χ4n) is 3.51. The lowest BCUT2D eigenvalue weighted by atomic mass is 9.99. The number of piperidine rings is 1. The van der Waals surface area contributed by atoms with Crippen LogP contribution in [0.1, 0.15) is 49.9 Å². The minimum Gasteiger partial charge on any atom is -0.373 e. The fourth-order valence-corrected chi connectivity index (χ4v) is 3.51. The van der Waals surface area contributed by atoms with Crippen molar-refractivity contribution in [3.8, 4) is 0 Å². The van der Waals surface area contributed by atoms with Crippen LogP contribution in [-0.4, -0.2) is 37.6 Å². The molecule has 1 amide bonds. The molecule has 1 aliphatic rings. The third-order valence-electron chi connectivity index (χ3n) is 5.55. The predicted molar refractivity (Wildman–Crippen MR) is 117 cm³/mol. The maximum Gasteiger partial charge on any atom is 0.257 e. The molecule has 2 aromatic rings. The normalized spacial score (nSPS) is 14.8. The molecule has 1 N–H and O–H groups in total. The average molecular weight is 381 g/mol. The molecular weight excluding hydrogens is 348 g/mol. The Kier molecular flexibility index (Phi) is 6.90. The summed E-state index contributed by atoms with van der Waals surface area (Å²) in [6.07, 6.45) is 8.18. The molecule has 0 unspecified atom stereocenters. The largest absolute Gasteiger partial charge is 0.373 e. The van der Waals surface area contributed by atoms with Crippen molar-refractivity contribution in [3.05, 3.63) is 48.3 Å². The van der Waals surface area contributed by atoms with Crippen molar-refractivity contribution in [2.24, 2.45) is 5.92 Å². The number of aromatic nitrogens is 1. The Morgan fingerprint density at radius 2 is 1.93 bits per heavy atom. The topological polar surface area (TPSA) is 48.5 Å². The second-order valence-corrected chi connectivity index (χ2v) is 7.88. The quantitative estimate of drug-likeness (QED) is 0.749. The maximum absolute atomic E-state index is 12.6. The monoisotopic (exact) mass is 380 g/mol. The minimum atomic E-state index is -0.127. The summed E-state index contributed by atoms with van der Waals surface area (Å²) >= 11 is 0. The first-order valence-corrected chi connectivity index (χ1v) is 10.4. The van der Waals surface area contributed by atoms with Gasteiger partial charge in [-0.25, -0.2) is 0 Å². The van der Waals surface area contributed by atoms with Gasteiger partial charge in [0, 0.05) is 44.3 Å². The second kappa shape index (κ2) is 9.58. The number of nitrogens with one attached hydrogen (secondary N) is 1. The lowest BCUT2D eigenvalue weighted by Crippen LogP contribution is -2.32. The Hall–Kier alpha value is -2.56. The number of pyridine rings is 1. The molecule has 28 heavy (non-hydrogen) atoms. The zero-order valence-corrected chi connectivity index (χ0v) is 17.3. The van der Waals surface area contributed by atoms with Crippen molar-refractivity contribution in [1.29, 1.82) is 0 Å². The number of hydrogen-bond acceptors (Lipinski definition) is 4. The van der Waals surface area contributed by atoms with E-state index in [-0.39, 0.29) is 5.91 Å². The van der Waals surface area contributed by atoms with E-state index in [9.17, 15) is 4.79 Å². The number of rotatable bonds is 7. The molecule has 5 heteroatoms. The molecule has 0 spiro atoms. The number of nitrogens with zero attached hydrogens (tertiary/aromatic N) is 3. The molecule has 3 rings (SSSR count). The number of benzene rings is 1. The molecule has 0 aliphatic carbocycles. The lowest BCUT2D eigenvalue weighted by molar-refractivity contribution is 0.102. The summed E-state index contributed by atoms with van der Waals surface area (Å²) in [6.45, 7) is 7.67. The Balaban J connectivity index is 1.61. The average Bonchev–Trinajstić information content (AvgIpc) is 2.73. The van der Waals surface area contributed by atoms with Crippen molar-refractivity contribution in [2.45, 2.75) is 39.5 Å². The molecule has 1 aromatic carbocycles. The van der Waals surface area contributed by atoms with Crippen molar-refractivity contribution in [3.63, 3.8) is 0 Å². The van der Waals surface area contributed by atoms with E-state index in [1.807, 2.05) is 25.2 Å². The van der Waals surface area contributed by atoms with Gasteiger partial charge in [0.15, 0.2) is 0 Å². The molecule has 1 fully saturated rings. The van der Waals surface area contributed by atoms with Gasteiger partial charge in [-0.15, -0.1) is 0 Å². The van der Waals surface area contributed by atoms with Gasteiger partial charge in [-0.3, -0.25) is 9.78 Å². The van der Waals surface area contributed by atoms with E-state index < -0.39 is 0 Å². The zero-order valence-electron chi connectivity index (χ0n) is 17.3. The van der Waals surface area contributed by atoms with E-state index in [0.717, 1.165) is 49.8 Å². The highest BCUT2D eigenvalue weighted by Crippen LogP contribution is 2.24. The molecule has 150 valence electrons. The summed E-state index contributed by atoms with van der Waals surface area (Å²) in [4.78, 5) is 21.5. The van der Waals surface area contributed by atoms with Crippen LogP contribution in [0.2, 0.25) is 0 Å². The molecular formula is C23H32N4O. The van der Waals surface area contributed by atoms with Gasteiger partial charge in [0.2, 0.25) is 0 Å². The first-order valence-electron chi connectivity index (χ1n) is 10.4. The van der Waals surface area contributed by atoms with Crippen LogP contribution in [0.25, 0.3) is 0 Å². The first kappa shape index (κ1) is 20.2. The smallest absolute Gasteiger partial charge is 0.257 e. The third-order valence-corrected chi connectivity index (χ3v) is 5.55. The summed E-state index contributed by atoms with van der Waals surface area (Å²) in [6, 6.07) is 10.1. The van der Waals surface area contributed by atoms with E-state index >= 15 is 0 Å². The van der Waals surface area contributed by atoms with Crippen molar-refractivity contribution >= 4 is 23.0 Å². The van der Waals surface area contributed by atoms with E-state index in [1.165, 1.54) is 18.5 Å². The standard InChI is InChI=1S/C23H32N4O/c1-4-5-12-26(3)22-15-19(16-24-17-22)23(28)25-20-6-8-21(9-7-20)27-13-10-18(2)11-14-27/h6-9,15-18H,4-5,10-14H2,1-3H3,(H,25,28). The summed E-state index contributed by atoms with van der Waals surface area (Å²) in [5.74, 6) is 0.693. The van der Waals surface area contributed by atoms with Gasteiger partial charge in [0.25, 0.3) is 5.91 Å². The molecule has 1 aliphatic heterocycles. The van der Waals surface area contributed by atoms with E-state index in [0.29, 0.717) is 5.56 Å². The van der Waals surface area contributed by atoms with Crippen LogP contribution >= 0.6 is 0 Å². The van der Waals surface area contributed by atoms with Crippen LogP contribution in [0.15, 0.2) is 42.7 Å². The maximum atomic E-state index is 12.6. The first-order chi connectivity index (χ1) is 13.6. The SMILES string of the molecule is CCCCN(C)c1cncc(C(=O)Nc2ccc(N3CCC(C)CC3)cc2)c1. The second-order valence-electron chi connectivity index (χ2n) is 7.88.